The van der Waals surface area contributed by atoms with Crippen LogP contribution in [0, 0.1) is 3.57 Å². The number of benzene rings is 1. The van der Waals surface area contributed by atoms with Crippen molar-refractivity contribution in [3.63, 3.8) is 0 Å². The molecule has 188 valence electrons. The molecule has 0 aliphatic carbocycles. The van der Waals surface area contributed by atoms with Crippen LogP contribution in [0.15, 0.2) is 41.3 Å². The number of aliphatic hydroxyl groups excluding tert-OH is 2. The molecule has 1 aromatic heterocycles. The third kappa shape index (κ3) is 7.61. The standard InChI is InChI=1S/C16H20IN3O12P2/c17-10-3-1-2-9(6-10)7-29-19-12-4-5-20(16(23)18-12)15-14(22)13(21)11(31-15)8-30-34(27,28)32-33(24,25)26/h1-6,11,13-15,21-22H,7-8H2,(H,27,28)(H,18,19,23)(H2,24,25,26)/t11-,13-,14-,15-/m1/s1. The smallest absolute Gasteiger partial charge is 0.387 e. The van der Waals surface area contributed by atoms with E-state index >= 15 is 0 Å². The zero-order valence-electron chi connectivity index (χ0n) is 16.9. The van der Waals surface area contributed by atoms with Crippen molar-refractivity contribution in [3.05, 3.63) is 56.1 Å². The van der Waals surface area contributed by atoms with E-state index in [1.807, 2.05) is 24.3 Å². The highest BCUT2D eigenvalue weighted by Gasteiger charge is 2.45. The first-order valence-corrected chi connectivity index (χ1v) is 13.4. The first-order chi connectivity index (χ1) is 15.8. The molecule has 0 spiro atoms. The average molecular weight is 635 g/mol. The van der Waals surface area contributed by atoms with Crippen molar-refractivity contribution in [2.75, 3.05) is 12.1 Å². The van der Waals surface area contributed by atoms with Crippen molar-refractivity contribution < 1.29 is 52.4 Å². The van der Waals surface area contributed by atoms with Gasteiger partial charge in [-0.2, -0.15) is 9.29 Å². The second-order valence-corrected chi connectivity index (χ2v) is 11.0. The Kier molecular flexibility index (Phi) is 9.00. The van der Waals surface area contributed by atoms with Gasteiger partial charge < -0.3 is 29.6 Å². The van der Waals surface area contributed by atoms with Crippen molar-refractivity contribution in [2.45, 2.75) is 31.1 Å². The molecule has 18 heteroatoms. The molecule has 1 aliphatic heterocycles. The third-order valence-corrected chi connectivity index (χ3v) is 7.18. The Balaban J connectivity index is 1.60. The van der Waals surface area contributed by atoms with Gasteiger partial charge in [-0.15, -0.1) is 0 Å². The molecule has 1 aromatic carbocycles. The van der Waals surface area contributed by atoms with E-state index in [1.54, 1.807) is 0 Å². The predicted molar refractivity (Wildman–Crippen MR) is 121 cm³/mol. The van der Waals surface area contributed by atoms with Crippen LogP contribution in [0.2, 0.25) is 0 Å². The molecule has 1 saturated heterocycles. The van der Waals surface area contributed by atoms with E-state index < -0.39 is 52.5 Å². The van der Waals surface area contributed by atoms with Crippen molar-refractivity contribution in [3.8, 4) is 0 Å². The lowest BCUT2D eigenvalue weighted by Gasteiger charge is -2.18. The molecule has 1 unspecified atom stereocenters. The van der Waals surface area contributed by atoms with Gasteiger partial charge in [0.05, 0.1) is 13.2 Å². The summed E-state index contributed by atoms with van der Waals surface area (Å²) in [5, 5.41) is 20.4. The van der Waals surface area contributed by atoms with Crippen LogP contribution in [0.5, 0.6) is 0 Å². The summed E-state index contributed by atoms with van der Waals surface area (Å²) in [6, 6.07) is 8.89. The molecule has 15 nitrogen and oxygen atoms in total. The molecule has 0 saturated carbocycles. The first-order valence-electron chi connectivity index (χ1n) is 9.32. The maximum absolute atomic E-state index is 12.4. The van der Waals surface area contributed by atoms with Crippen LogP contribution >= 0.6 is 38.2 Å². The van der Waals surface area contributed by atoms with Crippen LogP contribution in [0.25, 0.3) is 0 Å². The predicted octanol–water partition coefficient (Wildman–Crippen LogP) is 0.237. The number of aromatic nitrogens is 2. The van der Waals surface area contributed by atoms with Crippen LogP contribution < -0.4 is 11.2 Å². The van der Waals surface area contributed by atoms with Crippen LogP contribution in [0.1, 0.15) is 11.8 Å². The number of phosphoric ester groups is 1. The number of nitrogens with one attached hydrogen (secondary N) is 1. The second kappa shape index (κ2) is 11.2. The van der Waals surface area contributed by atoms with Gasteiger partial charge in [0.1, 0.15) is 18.3 Å². The molecule has 3 rings (SSSR count). The Morgan fingerprint density at radius 3 is 2.56 bits per heavy atom. The van der Waals surface area contributed by atoms with Gasteiger partial charge in [-0.1, -0.05) is 12.1 Å². The summed E-state index contributed by atoms with van der Waals surface area (Å²) in [6.45, 7) is -0.697. The Hall–Kier alpha value is -1.27. The van der Waals surface area contributed by atoms with E-state index in [4.69, 9.17) is 19.4 Å². The number of nitrogens with zero attached hydrogens (tertiary/aromatic N) is 2. The van der Waals surface area contributed by atoms with Crippen molar-refractivity contribution >= 4 is 44.1 Å². The summed E-state index contributed by atoms with van der Waals surface area (Å²) in [4.78, 5) is 48.0. The van der Waals surface area contributed by atoms with Gasteiger partial charge in [0, 0.05) is 9.77 Å². The van der Waals surface area contributed by atoms with Crippen LogP contribution in [-0.4, -0.2) is 59.4 Å². The fourth-order valence-electron chi connectivity index (χ4n) is 2.91. The Bertz CT molecular complexity index is 1160. The lowest BCUT2D eigenvalue weighted by atomic mass is 10.1. The van der Waals surface area contributed by atoms with E-state index in [9.17, 15) is 29.0 Å². The third-order valence-electron chi connectivity index (χ3n) is 4.36. The van der Waals surface area contributed by atoms with Crippen LogP contribution in [-0.2, 0) is 34.1 Å². The number of hydrogen-bond acceptors (Lipinski definition) is 11. The Morgan fingerprint density at radius 2 is 1.91 bits per heavy atom. The minimum Gasteiger partial charge on any atom is -0.387 e. The summed E-state index contributed by atoms with van der Waals surface area (Å²) < 4.78 is 37.5. The molecule has 1 aliphatic rings. The zero-order valence-corrected chi connectivity index (χ0v) is 20.9. The Morgan fingerprint density at radius 1 is 1.18 bits per heavy atom. The number of aliphatic hydroxyl groups is 2. The minimum absolute atomic E-state index is 0.0654. The summed E-state index contributed by atoms with van der Waals surface area (Å²) in [5.74, 6) is 0.0654. The molecule has 2 heterocycles. The fourth-order valence-corrected chi connectivity index (χ4v) is 5.11. The highest BCUT2D eigenvalue weighted by molar-refractivity contribution is 14.1. The van der Waals surface area contributed by atoms with E-state index in [0.29, 0.717) is 0 Å². The normalized spacial score (nSPS) is 24.6. The molecule has 6 N–H and O–H groups in total. The maximum Gasteiger partial charge on any atom is 0.481 e. The van der Waals surface area contributed by atoms with E-state index in [-0.39, 0.29) is 12.4 Å². The van der Waals surface area contributed by atoms with Crippen molar-refractivity contribution in [1.29, 1.82) is 0 Å². The van der Waals surface area contributed by atoms with Gasteiger partial charge in [-0.05, 0) is 46.4 Å². The highest BCUT2D eigenvalue weighted by atomic mass is 127. The number of phosphoric acid groups is 2. The first kappa shape index (κ1) is 27.3. The molecular formula is C16H20IN3O12P2. The quantitative estimate of drug-likeness (QED) is 0.117. The molecular weight excluding hydrogens is 615 g/mol. The van der Waals surface area contributed by atoms with Crippen LogP contribution in [0.4, 0.5) is 5.82 Å². The SMILES string of the molecule is O=c1nc(NOCc2cccc(I)c2)ccn1[C@@H]1O[C@H](COP(=O)(O)OP(=O)(O)O)[C@@H](O)[C@H]1O. The average Bonchev–Trinajstić information content (AvgIpc) is 2.99. The molecule has 5 atom stereocenters. The van der Waals surface area contributed by atoms with Gasteiger partial charge in [-0.25, -0.2) is 19.4 Å². The van der Waals surface area contributed by atoms with E-state index in [1.165, 1.54) is 12.3 Å². The van der Waals surface area contributed by atoms with Gasteiger partial charge in [0.2, 0.25) is 0 Å². The van der Waals surface area contributed by atoms with Gasteiger partial charge in [0.25, 0.3) is 0 Å². The van der Waals surface area contributed by atoms with Gasteiger partial charge in [-0.3, -0.25) is 13.9 Å². The summed E-state index contributed by atoms with van der Waals surface area (Å²) in [7, 11) is -10.5. The molecule has 1 fully saturated rings. The molecule has 0 amide bonds. The summed E-state index contributed by atoms with van der Waals surface area (Å²) in [6.07, 6.45) is -5.01. The number of ether oxygens (including phenoxy) is 1. The van der Waals surface area contributed by atoms with Gasteiger partial charge >= 0.3 is 21.3 Å². The fraction of sp³-hybridized carbons (Fsp3) is 0.375. The van der Waals surface area contributed by atoms with Crippen molar-refractivity contribution in [2.24, 2.45) is 0 Å². The minimum atomic E-state index is -5.34. The van der Waals surface area contributed by atoms with Gasteiger partial charge in [0.15, 0.2) is 12.0 Å². The lowest BCUT2D eigenvalue weighted by molar-refractivity contribution is -0.0541. The largest absolute Gasteiger partial charge is 0.481 e. The topological polar surface area (TPSA) is 219 Å². The summed E-state index contributed by atoms with van der Waals surface area (Å²) in [5.41, 5.74) is 2.53. The Labute approximate surface area is 205 Å². The molecule has 2 aromatic rings. The highest BCUT2D eigenvalue weighted by Crippen LogP contribution is 2.57. The molecule has 0 bridgehead atoms. The zero-order chi connectivity index (χ0) is 25.1. The maximum atomic E-state index is 12.4. The van der Waals surface area contributed by atoms with Crippen LogP contribution in [0.3, 0.4) is 0 Å². The number of anilines is 1. The monoisotopic (exact) mass is 635 g/mol. The number of halogens is 1. The lowest BCUT2D eigenvalue weighted by Crippen LogP contribution is -2.36. The second-order valence-electron chi connectivity index (χ2n) is 6.91. The van der Waals surface area contributed by atoms with E-state index in [0.717, 1.165) is 13.7 Å². The van der Waals surface area contributed by atoms with Crippen molar-refractivity contribution in [1.82, 2.24) is 9.55 Å². The summed E-state index contributed by atoms with van der Waals surface area (Å²) >= 11 is 2.16. The number of hydrogen-bond donors (Lipinski definition) is 6. The molecule has 0 radical (unpaired) electrons. The van der Waals surface area contributed by atoms with E-state index in [2.05, 4.69) is 41.9 Å². The molecule has 34 heavy (non-hydrogen) atoms. The number of rotatable bonds is 10.